The Balaban J connectivity index is 2.61. The van der Waals surface area contributed by atoms with Gasteiger partial charge in [0.2, 0.25) is 5.91 Å². The van der Waals surface area contributed by atoms with Gasteiger partial charge in [-0.15, -0.1) is 0 Å². The summed E-state index contributed by atoms with van der Waals surface area (Å²) in [5.41, 5.74) is 1.41. The molecular weight excluding hydrogens is 250 g/mol. The number of nitrogens with one attached hydrogen (secondary N) is 1. The van der Waals surface area contributed by atoms with Crippen LogP contribution >= 0.6 is 11.6 Å². The summed E-state index contributed by atoms with van der Waals surface area (Å²) in [4.78, 5) is 12.7. The molecule has 5 heteroatoms. The monoisotopic (exact) mass is 265 g/mol. The third-order valence-corrected chi connectivity index (χ3v) is 2.77. The van der Waals surface area contributed by atoms with Crippen LogP contribution in [0.5, 0.6) is 0 Å². The number of hydrogen-bond acceptors (Lipinski definition) is 3. The second-order valence-corrected chi connectivity index (χ2v) is 4.47. The number of rotatable bonds is 5. The van der Waals surface area contributed by atoms with Gasteiger partial charge in [-0.2, -0.15) is 5.26 Å². The highest BCUT2D eigenvalue weighted by molar-refractivity contribution is 6.30. The zero-order chi connectivity index (χ0) is 13.5. The minimum atomic E-state index is -0.0295. The molecule has 0 aliphatic heterocycles. The van der Waals surface area contributed by atoms with Crippen LogP contribution in [-0.2, 0) is 4.79 Å². The van der Waals surface area contributed by atoms with E-state index in [4.69, 9.17) is 16.9 Å². The first-order valence-corrected chi connectivity index (χ1v) is 6.07. The van der Waals surface area contributed by atoms with Crippen molar-refractivity contribution in [2.75, 3.05) is 25.0 Å². The molecular formula is C13H16ClN3O. The first-order chi connectivity index (χ1) is 8.54. The molecule has 1 rings (SSSR count). The van der Waals surface area contributed by atoms with Gasteiger partial charge in [0.15, 0.2) is 0 Å². The van der Waals surface area contributed by atoms with Crippen LogP contribution in [0.3, 0.4) is 0 Å². The summed E-state index contributed by atoms with van der Waals surface area (Å²) in [6.07, 6.45) is 0.813. The van der Waals surface area contributed by atoms with Crippen LogP contribution < -0.4 is 10.2 Å². The molecule has 0 aliphatic rings. The van der Waals surface area contributed by atoms with Crippen molar-refractivity contribution in [3.05, 3.63) is 28.8 Å². The molecule has 0 saturated heterocycles. The minimum Gasteiger partial charge on any atom is -0.373 e. The zero-order valence-electron chi connectivity index (χ0n) is 10.5. The highest BCUT2D eigenvalue weighted by Gasteiger charge is 2.07. The van der Waals surface area contributed by atoms with E-state index >= 15 is 0 Å². The Morgan fingerprint density at radius 2 is 2.28 bits per heavy atom. The van der Waals surface area contributed by atoms with Crippen molar-refractivity contribution in [3.63, 3.8) is 0 Å². The standard InChI is InChI=1S/C13H16ClN3O/c1-10(18)16-6-3-7-17(2)13-8-12(14)5-4-11(13)9-15/h4-5,8H,3,6-7H2,1-2H3,(H,16,18). The number of carbonyl (C=O) groups excluding carboxylic acids is 1. The third-order valence-electron chi connectivity index (χ3n) is 2.54. The van der Waals surface area contributed by atoms with E-state index in [-0.39, 0.29) is 5.91 Å². The lowest BCUT2D eigenvalue weighted by Crippen LogP contribution is -2.26. The molecule has 0 aromatic heterocycles. The van der Waals surface area contributed by atoms with E-state index in [0.29, 0.717) is 17.1 Å². The number of anilines is 1. The highest BCUT2D eigenvalue weighted by atomic mass is 35.5. The van der Waals surface area contributed by atoms with Gasteiger partial charge in [0, 0.05) is 32.1 Å². The lowest BCUT2D eigenvalue weighted by molar-refractivity contribution is -0.118. The molecule has 0 bridgehead atoms. The predicted octanol–water partition coefficient (Wildman–Crippen LogP) is 2.17. The van der Waals surface area contributed by atoms with Crippen molar-refractivity contribution in [2.45, 2.75) is 13.3 Å². The molecule has 0 saturated carbocycles. The molecule has 1 N–H and O–H groups in total. The van der Waals surface area contributed by atoms with Crippen LogP contribution in [0, 0.1) is 11.3 Å². The summed E-state index contributed by atoms with van der Waals surface area (Å²) in [5, 5.41) is 12.4. The van der Waals surface area contributed by atoms with E-state index in [9.17, 15) is 4.79 Å². The van der Waals surface area contributed by atoms with E-state index in [0.717, 1.165) is 18.7 Å². The van der Waals surface area contributed by atoms with Gasteiger partial charge in [-0.1, -0.05) is 11.6 Å². The van der Waals surface area contributed by atoms with Crippen LogP contribution in [0.2, 0.25) is 5.02 Å². The molecule has 0 radical (unpaired) electrons. The highest BCUT2D eigenvalue weighted by Crippen LogP contribution is 2.23. The summed E-state index contributed by atoms with van der Waals surface area (Å²) in [7, 11) is 1.90. The number of carbonyl (C=O) groups is 1. The van der Waals surface area contributed by atoms with Crippen molar-refractivity contribution in [3.8, 4) is 6.07 Å². The Morgan fingerprint density at radius 3 is 2.89 bits per heavy atom. The molecule has 0 fully saturated rings. The maximum absolute atomic E-state index is 10.7. The van der Waals surface area contributed by atoms with Crippen molar-refractivity contribution in [1.82, 2.24) is 5.32 Å². The Hall–Kier alpha value is -1.73. The van der Waals surface area contributed by atoms with E-state index in [1.165, 1.54) is 6.92 Å². The Kier molecular flexibility index (Phi) is 5.47. The van der Waals surface area contributed by atoms with Crippen LogP contribution in [0.25, 0.3) is 0 Å². The molecule has 0 unspecified atom stereocenters. The Morgan fingerprint density at radius 1 is 1.56 bits per heavy atom. The number of amides is 1. The van der Waals surface area contributed by atoms with Gasteiger partial charge >= 0.3 is 0 Å². The predicted molar refractivity (Wildman–Crippen MR) is 72.7 cm³/mol. The van der Waals surface area contributed by atoms with Crippen LogP contribution in [0.4, 0.5) is 5.69 Å². The first kappa shape index (κ1) is 14.3. The number of hydrogen-bond donors (Lipinski definition) is 1. The summed E-state index contributed by atoms with van der Waals surface area (Å²) < 4.78 is 0. The van der Waals surface area contributed by atoms with Crippen molar-refractivity contribution < 1.29 is 4.79 Å². The molecule has 1 amide bonds. The first-order valence-electron chi connectivity index (χ1n) is 5.70. The maximum atomic E-state index is 10.7. The van der Waals surface area contributed by atoms with Gasteiger partial charge in [0.1, 0.15) is 6.07 Å². The van der Waals surface area contributed by atoms with Crippen molar-refractivity contribution in [2.24, 2.45) is 0 Å². The zero-order valence-corrected chi connectivity index (χ0v) is 11.3. The summed E-state index contributed by atoms with van der Waals surface area (Å²) in [6, 6.07) is 7.33. The normalized spacial score (nSPS) is 9.67. The van der Waals surface area contributed by atoms with E-state index < -0.39 is 0 Å². The van der Waals surface area contributed by atoms with Gasteiger partial charge in [-0.05, 0) is 24.6 Å². The van der Waals surface area contributed by atoms with Gasteiger partial charge in [0.05, 0.1) is 11.3 Å². The summed E-state index contributed by atoms with van der Waals surface area (Å²) >= 11 is 5.93. The van der Waals surface area contributed by atoms with Crippen LogP contribution in [0.1, 0.15) is 18.9 Å². The SMILES string of the molecule is CC(=O)NCCCN(C)c1cc(Cl)ccc1C#N. The second kappa shape index (κ2) is 6.87. The molecule has 0 heterocycles. The molecule has 4 nitrogen and oxygen atoms in total. The van der Waals surface area contributed by atoms with Gasteiger partial charge in [-0.25, -0.2) is 0 Å². The topological polar surface area (TPSA) is 56.1 Å². The fraction of sp³-hybridized carbons (Fsp3) is 0.385. The number of halogens is 1. The summed E-state index contributed by atoms with van der Waals surface area (Å²) in [6.45, 7) is 2.87. The van der Waals surface area contributed by atoms with Crippen molar-refractivity contribution >= 4 is 23.2 Å². The summed E-state index contributed by atoms with van der Waals surface area (Å²) in [5.74, 6) is -0.0295. The number of benzene rings is 1. The molecule has 0 atom stereocenters. The molecule has 0 spiro atoms. The maximum Gasteiger partial charge on any atom is 0.216 e. The van der Waals surface area contributed by atoms with Crippen molar-refractivity contribution in [1.29, 1.82) is 5.26 Å². The Bertz CT molecular complexity index is 468. The fourth-order valence-electron chi connectivity index (χ4n) is 1.62. The van der Waals surface area contributed by atoms with E-state index in [1.807, 2.05) is 11.9 Å². The number of nitrogens with zero attached hydrogens (tertiary/aromatic N) is 2. The fourth-order valence-corrected chi connectivity index (χ4v) is 1.78. The second-order valence-electron chi connectivity index (χ2n) is 4.03. The molecule has 0 aliphatic carbocycles. The molecule has 1 aromatic carbocycles. The van der Waals surface area contributed by atoms with Gasteiger partial charge in [-0.3, -0.25) is 4.79 Å². The Labute approximate surface area is 112 Å². The van der Waals surface area contributed by atoms with Gasteiger partial charge in [0.25, 0.3) is 0 Å². The van der Waals surface area contributed by atoms with E-state index in [2.05, 4.69) is 11.4 Å². The minimum absolute atomic E-state index is 0.0295. The molecule has 18 heavy (non-hydrogen) atoms. The lowest BCUT2D eigenvalue weighted by atomic mass is 10.1. The smallest absolute Gasteiger partial charge is 0.216 e. The lowest BCUT2D eigenvalue weighted by Gasteiger charge is -2.20. The molecule has 96 valence electrons. The largest absolute Gasteiger partial charge is 0.373 e. The molecule has 1 aromatic rings. The average molecular weight is 266 g/mol. The van der Waals surface area contributed by atoms with E-state index in [1.54, 1.807) is 18.2 Å². The van der Waals surface area contributed by atoms with Crippen LogP contribution in [0.15, 0.2) is 18.2 Å². The average Bonchev–Trinajstić information content (AvgIpc) is 2.34. The quantitative estimate of drug-likeness (QED) is 0.830. The van der Waals surface area contributed by atoms with Crippen LogP contribution in [-0.4, -0.2) is 26.0 Å². The number of nitriles is 1. The third kappa shape index (κ3) is 4.27. The van der Waals surface area contributed by atoms with Gasteiger partial charge < -0.3 is 10.2 Å².